The van der Waals surface area contributed by atoms with E-state index in [1.807, 2.05) is 0 Å². The van der Waals surface area contributed by atoms with Crippen molar-refractivity contribution in [1.29, 1.82) is 0 Å². The zero-order valence-corrected chi connectivity index (χ0v) is 17.8. The number of benzene rings is 1. The predicted octanol–water partition coefficient (Wildman–Crippen LogP) is 5.77. The van der Waals surface area contributed by atoms with Gasteiger partial charge in [-0.1, -0.05) is 41.9 Å². The molecule has 27 heavy (non-hydrogen) atoms. The van der Waals surface area contributed by atoms with Crippen molar-refractivity contribution in [1.82, 2.24) is 0 Å². The Bertz CT molecular complexity index is 814. The summed E-state index contributed by atoms with van der Waals surface area (Å²) < 4.78 is 0. The lowest BCUT2D eigenvalue weighted by Crippen LogP contribution is -2.47. The number of aromatic hydroxyl groups is 2. The second kappa shape index (κ2) is 6.10. The Kier molecular flexibility index (Phi) is 4.30. The molecule has 0 amide bonds. The third kappa shape index (κ3) is 2.55. The highest BCUT2D eigenvalue weighted by Gasteiger charge is 2.75. The molecule has 0 radical (unpaired) electrons. The van der Waals surface area contributed by atoms with Crippen molar-refractivity contribution in [3.05, 3.63) is 35.4 Å². The van der Waals surface area contributed by atoms with E-state index >= 15 is 0 Å². The third-order valence-corrected chi connectivity index (χ3v) is 9.89. The summed E-state index contributed by atoms with van der Waals surface area (Å²) in [6, 6.07) is 2.92. The molecule has 0 bridgehead atoms. The first-order chi connectivity index (χ1) is 12.7. The van der Waals surface area contributed by atoms with Crippen LogP contribution in [0.25, 0.3) is 0 Å². The minimum absolute atomic E-state index is 0.0536. The molecule has 1 spiro atoms. The fourth-order valence-electron chi connectivity index (χ4n) is 6.62. The molecule has 0 saturated heterocycles. The maximum absolute atomic E-state index is 11.0. The molecule has 0 heterocycles. The smallest absolute Gasteiger partial charge is 0.153 e. The topological polar surface area (TPSA) is 57.5 Å². The molecular formula is C23H29BrO3. The Morgan fingerprint density at radius 3 is 2.70 bits per heavy atom. The average Bonchev–Trinajstić information content (AvgIpc) is 3.30. The average molecular weight is 433 g/mol. The van der Waals surface area contributed by atoms with Crippen molar-refractivity contribution in [2.75, 3.05) is 0 Å². The zero-order chi connectivity index (χ0) is 19.6. The first kappa shape index (κ1) is 19.0. The standard InChI is InChI=1S/C23H29BrO3/c1-14-4-5-19-21(2,3)20(24)7-9-23(19)13-22(14,23)8-6-15-10-18(27)16(12-25)11-17(15)26/h10-12,19-20,26-27H,1,4-9,13H2,2-3H3. The van der Waals surface area contributed by atoms with E-state index in [2.05, 4.69) is 36.4 Å². The van der Waals surface area contributed by atoms with E-state index in [9.17, 15) is 15.0 Å². The van der Waals surface area contributed by atoms with Crippen LogP contribution in [0.3, 0.4) is 0 Å². The Hall–Kier alpha value is -1.29. The van der Waals surface area contributed by atoms with Gasteiger partial charge in [-0.15, -0.1) is 0 Å². The highest BCUT2D eigenvalue weighted by atomic mass is 79.9. The Morgan fingerprint density at radius 2 is 2.00 bits per heavy atom. The first-order valence-electron chi connectivity index (χ1n) is 10.0. The van der Waals surface area contributed by atoms with Gasteiger partial charge in [-0.3, -0.25) is 4.79 Å². The Morgan fingerprint density at radius 1 is 1.26 bits per heavy atom. The van der Waals surface area contributed by atoms with Crippen LogP contribution >= 0.6 is 15.9 Å². The largest absolute Gasteiger partial charge is 0.508 e. The molecule has 4 unspecified atom stereocenters. The van der Waals surface area contributed by atoms with Crippen LogP contribution in [-0.2, 0) is 6.42 Å². The van der Waals surface area contributed by atoms with E-state index in [0.29, 0.717) is 28.9 Å². The van der Waals surface area contributed by atoms with E-state index in [1.54, 1.807) is 6.07 Å². The van der Waals surface area contributed by atoms with Gasteiger partial charge in [0, 0.05) is 4.83 Å². The number of carbonyl (C=O) groups excluding carboxylic acids is 1. The lowest BCUT2D eigenvalue weighted by Gasteiger charge is -2.53. The summed E-state index contributed by atoms with van der Waals surface area (Å²) in [6.07, 6.45) is 8.22. The van der Waals surface area contributed by atoms with Gasteiger partial charge in [-0.25, -0.2) is 0 Å². The Labute approximate surface area is 170 Å². The van der Waals surface area contributed by atoms with Crippen molar-refractivity contribution in [3.8, 4) is 11.5 Å². The number of carbonyl (C=O) groups is 1. The van der Waals surface area contributed by atoms with Gasteiger partial charge in [-0.2, -0.15) is 0 Å². The predicted molar refractivity (Wildman–Crippen MR) is 111 cm³/mol. The van der Waals surface area contributed by atoms with Gasteiger partial charge in [0.05, 0.1) is 5.56 Å². The molecule has 1 aromatic rings. The van der Waals surface area contributed by atoms with Crippen LogP contribution in [0.1, 0.15) is 68.3 Å². The molecule has 3 aliphatic carbocycles. The summed E-state index contributed by atoms with van der Waals surface area (Å²) in [4.78, 5) is 11.5. The lowest BCUT2D eigenvalue weighted by atomic mass is 9.54. The number of halogens is 1. The number of hydrogen-bond donors (Lipinski definition) is 2. The lowest BCUT2D eigenvalue weighted by molar-refractivity contribution is 0.0209. The van der Waals surface area contributed by atoms with Crippen LogP contribution in [0.2, 0.25) is 0 Å². The molecule has 4 rings (SSSR count). The number of phenols is 2. The summed E-state index contributed by atoms with van der Waals surface area (Å²) in [5.74, 6) is 0.749. The summed E-state index contributed by atoms with van der Waals surface area (Å²) in [5, 5.41) is 20.3. The fraction of sp³-hybridized carbons (Fsp3) is 0.609. The number of aryl methyl sites for hydroxylation is 1. The van der Waals surface area contributed by atoms with Gasteiger partial charge >= 0.3 is 0 Å². The number of rotatable bonds is 4. The quantitative estimate of drug-likeness (QED) is 0.274. The van der Waals surface area contributed by atoms with Crippen molar-refractivity contribution in [3.63, 3.8) is 0 Å². The van der Waals surface area contributed by atoms with Gasteiger partial charge in [0.25, 0.3) is 0 Å². The van der Waals surface area contributed by atoms with Crippen LogP contribution < -0.4 is 0 Å². The first-order valence-corrected chi connectivity index (χ1v) is 10.9. The van der Waals surface area contributed by atoms with Crippen molar-refractivity contribution >= 4 is 22.2 Å². The van der Waals surface area contributed by atoms with E-state index in [4.69, 9.17) is 0 Å². The van der Waals surface area contributed by atoms with Crippen LogP contribution in [-0.4, -0.2) is 21.3 Å². The molecule has 4 atom stereocenters. The minimum atomic E-state index is -0.0536. The third-order valence-electron chi connectivity index (χ3n) is 8.25. The second-order valence-electron chi connectivity index (χ2n) is 9.60. The summed E-state index contributed by atoms with van der Waals surface area (Å²) in [5.41, 5.74) is 3.06. The fourth-order valence-corrected chi connectivity index (χ4v) is 7.16. The van der Waals surface area contributed by atoms with Crippen LogP contribution in [0, 0.1) is 22.2 Å². The summed E-state index contributed by atoms with van der Waals surface area (Å²) in [6.45, 7) is 9.30. The number of allylic oxidation sites excluding steroid dienone is 1. The van der Waals surface area contributed by atoms with Gasteiger partial charge in [0.1, 0.15) is 11.5 Å². The van der Waals surface area contributed by atoms with Crippen molar-refractivity contribution in [2.24, 2.45) is 22.2 Å². The highest BCUT2D eigenvalue weighted by Crippen LogP contribution is 2.82. The maximum Gasteiger partial charge on any atom is 0.153 e. The van der Waals surface area contributed by atoms with E-state index in [-0.39, 0.29) is 27.9 Å². The van der Waals surface area contributed by atoms with Gasteiger partial charge in [0.2, 0.25) is 0 Å². The van der Waals surface area contributed by atoms with Gasteiger partial charge < -0.3 is 10.2 Å². The highest BCUT2D eigenvalue weighted by molar-refractivity contribution is 9.09. The molecule has 3 aliphatic rings. The maximum atomic E-state index is 11.0. The van der Waals surface area contributed by atoms with Crippen molar-refractivity contribution < 1.29 is 15.0 Å². The normalized spacial score (nSPS) is 36.6. The number of alkyl halides is 1. The van der Waals surface area contributed by atoms with Crippen LogP contribution in [0.5, 0.6) is 11.5 Å². The second-order valence-corrected chi connectivity index (χ2v) is 10.7. The van der Waals surface area contributed by atoms with Crippen LogP contribution in [0.4, 0.5) is 0 Å². The minimum Gasteiger partial charge on any atom is -0.508 e. The monoisotopic (exact) mass is 432 g/mol. The number of hydrogen-bond acceptors (Lipinski definition) is 3. The number of aldehydes is 1. The molecular weight excluding hydrogens is 404 g/mol. The molecule has 3 nitrogen and oxygen atoms in total. The van der Waals surface area contributed by atoms with E-state index in [0.717, 1.165) is 18.4 Å². The van der Waals surface area contributed by atoms with Crippen LogP contribution in [0.15, 0.2) is 24.3 Å². The molecule has 1 aromatic carbocycles. The van der Waals surface area contributed by atoms with Gasteiger partial charge in [-0.05, 0) is 84.8 Å². The summed E-state index contributed by atoms with van der Waals surface area (Å²) in [7, 11) is 0. The zero-order valence-electron chi connectivity index (χ0n) is 16.2. The van der Waals surface area contributed by atoms with E-state index < -0.39 is 0 Å². The molecule has 0 aliphatic heterocycles. The molecule has 2 N–H and O–H groups in total. The molecule has 4 heteroatoms. The SMILES string of the molecule is C=C1CCC2C(C)(C)C(Br)CCC23CC13CCc1cc(O)c(C=O)cc1O. The van der Waals surface area contributed by atoms with E-state index in [1.165, 1.54) is 37.3 Å². The molecule has 3 fully saturated rings. The van der Waals surface area contributed by atoms with Crippen molar-refractivity contribution in [2.45, 2.75) is 63.6 Å². The Balaban J connectivity index is 1.60. The molecule has 146 valence electrons. The molecule has 3 saturated carbocycles. The summed E-state index contributed by atoms with van der Waals surface area (Å²) >= 11 is 3.94. The van der Waals surface area contributed by atoms with Gasteiger partial charge in [0.15, 0.2) is 6.29 Å². The molecule has 0 aromatic heterocycles. The number of phenolic OH excluding ortho intramolecular Hbond substituents is 2.